The van der Waals surface area contributed by atoms with E-state index in [0.717, 1.165) is 12.1 Å². The first-order chi connectivity index (χ1) is 12.6. The lowest BCUT2D eigenvalue weighted by molar-refractivity contribution is 0.0633. The Morgan fingerprint density at radius 1 is 0.444 bits per heavy atom. The summed E-state index contributed by atoms with van der Waals surface area (Å²) in [6.07, 6.45) is 0. The maximum Gasteiger partial charge on any atom is 0.337 e. The van der Waals surface area contributed by atoms with Crippen molar-refractivity contribution in [2.75, 3.05) is 0 Å². The average Bonchev–Trinajstić information content (AvgIpc) is 2.61. The molecule has 5 N–H and O–H groups in total. The summed E-state index contributed by atoms with van der Waals surface area (Å²) in [6.45, 7) is 0. The molecule has 0 aliphatic rings. The molecule has 0 radical (unpaired) electrons. The highest BCUT2D eigenvalue weighted by Crippen LogP contribution is 2.15. The van der Waals surface area contributed by atoms with Crippen molar-refractivity contribution in [3.63, 3.8) is 0 Å². The van der Waals surface area contributed by atoms with Crippen LogP contribution in [0.4, 0.5) is 0 Å². The van der Waals surface area contributed by atoms with Crippen molar-refractivity contribution < 1.29 is 49.5 Å². The van der Waals surface area contributed by atoms with Gasteiger partial charge in [0, 0.05) is 0 Å². The van der Waals surface area contributed by atoms with Gasteiger partial charge in [0.15, 0.2) is 0 Å². The minimum absolute atomic E-state index is 0.190. The Morgan fingerprint density at radius 3 is 1.00 bits per heavy atom. The van der Waals surface area contributed by atoms with Crippen LogP contribution in [0.5, 0.6) is 0 Å². The molecule has 140 valence electrons. The Hall–Kier alpha value is -4.21. The van der Waals surface area contributed by atoms with E-state index in [-0.39, 0.29) is 11.1 Å². The minimum Gasteiger partial charge on any atom is -0.478 e. The Kier molecular flexibility index (Phi) is 6.76. The monoisotopic (exact) mass is 376 g/mol. The fourth-order valence-electron chi connectivity index (χ4n) is 2.00. The quantitative estimate of drug-likeness (QED) is 0.515. The molecule has 0 amide bonds. The van der Waals surface area contributed by atoms with Gasteiger partial charge in [0.05, 0.1) is 27.8 Å². The first kappa shape index (κ1) is 20.8. The molecule has 0 fully saturated rings. The standard InChI is InChI=1S/C9H6O6.C8H6O4/c10-7(11)4-2-1-3-5(8(12)13)6(4)9(14)15;9-7(10)5-3-1-2-4-6(5)8(11)12/h1-3H,(H,10,11)(H,12,13)(H,14,15);1-4H,(H,9,10)(H,11,12). The molecule has 2 rings (SSSR count). The summed E-state index contributed by atoms with van der Waals surface area (Å²) in [4.78, 5) is 52.9. The molecule has 0 heterocycles. The van der Waals surface area contributed by atoms with E-state index in [2.05, 4.69) is 0 Å². The van der Waals surface area contributed by atoms with Crippen LogP contribution in [0.25, 0.3) is 0 Å². The topological polar surface area (TPSA) is 186 Å². The molecule has 0 atom stereocenters. The fraction of sp³-hybridized carbons (Fsp3) is 0. The summed E-state index contributed by atoms with van der Waals surface area (Å²) in [7, 11) is 0. The first-order valence-corrected chi connectivity index (χ1v) is 6.96. The zero-order valence-electron chi connectivity index (χ0n) is 13.3. The van der Waals surface area contributed by atoms with Crippen LogP contribution in [-0.2, 0) is 0 Å². The molecule has 2 aromatic carbocycles. The van der Waals surface area contributed by atoms with Gasteiger partial charge in [-0.05, 0) is 24.3 Å². The first-order valence-electron chi connectivity index (χ1n) is 6.96. The molecule has 0 bridgehead atoms. The molecule has 0 saturated carbocycles. The molecule has 0 unspecified atom stereocenters. The van der Waals surface area contributed by atoms with E-state index >= 15 is 0 Å². The third-order valence-electron chi connectivity index (χ3n) is 3.13. The van der Waals surface area contributed by atoms with E-state index in [1.165, 1.54) is 30.3 Å². The van der Waals surface area contributed by atoms with Crippen LogP contribution >= 0.6 is 0 Å². The Morgan fingerprint density at radius 2 is 0.741 bits per heavy atom. The SMILES string of the molecule is O=C(O)c1cccc(C(=O)O)c1C(=O)O.O=C(O)c1ccccc1C(=O)O. The molecule has 10 heteroatoms. The predicted molar refractivity (Wildman–Crippen MR) is 87.7 cm³/mol. The number of carbonyl (C=O) groups is 5. The molecule has 10 nitrogen and oxygen atoms in total. The van der Waals surface area contributed by atoms with Gasteiger partial charge in [0.1, 0.15) is 0 Å². The van der Waals surface area contributed by atoms with E-state index < -0.39 is 46.5 Å². The molecule has 0 aliphatic carbocycles. The van der Waals surface area contributed by atoms with Gasteiger partial charge in [0.25, 0.3) is 0 Å². The van der Waals surface area contributed by atoms with Gasteiger partial charge in [-0.3, -0.25) is 0 Å². The van der Waals surface area contributed by atoms with Gasteiger partial charge in [-0.25, -0.2) is 24.0 Å². The number of hydrogen-bond acceptors (Lipinski definition) is 5. The number of hydrogen-bond donors (Lipinski definition) is 5. The van der Waals surface area contributed by atoms with E-state index in [1.54, 1.807) is 0 Å². The number of carboxylic acids is 5. The maximum atomic E-state index is 10.7. The van der Waals surface area contributed by atoms with Crippen LogP contribution in [-0.4, -0.2) is 55.4 Å². The number of carboxylic acid groups (broad SMARTS) is 5. The third kappa shape index (κ3) is 5.13. The molecule has 27 heavy (non-hydrogen) atoms. The van der Waals surface area contributed by atoms with Crippen molar-refractivity contribution in [1.29, 1.82) is 0 Å². The Bertz CT molecular complexity index is 864. The summed E-state index contributed by atoms with van der Waals surface area (Å²) >= 11 is 0. The van der Waals surface area contributed by atoms with E-state index in [9.17, 15) is 24.0 Å². The van der Waals surface area contributed by atoms with Gasteiger partial charge in [-0.15, -0.1) is 0 Å². The summed E-state index contributed by atoms with van der Waals surface area (Å²) in [5.41, 5.74) is -2.17. The summed E-state index contributed by atoms with van der Waals surface area (Å²) < 4.78 is 0. The van der Waals surface area contributed by atoms with Gasteiger partial charge in [0.2, 0.25) is 0 Å². The van der Waals surface area contributed by atoms with Crippen LogP contribution in [0.2, 0.25) is 0 Å². The Balaban J connectivity index is 0.000000277. The van der Waals surface area contributed by atoms with Crippen LogP contribution < -0.4 is 0 Å². The zero-order chi connectivity index (χ0) is 20.7. The molecule has 2 aromatic rings. The van der Waals surface area contributed by atoms with Gasteiger partial charge < -0.3 is 25.5 Å². The second-order valence-corrected chi connectivity index (χ2v) is 4.80. The molecular weight excluding hydrogens is 364 g/mol. The molecule has 0 spiro atoms. The number of aromatic carboxylic acids is 5. The van der Waals surface area contributed by atoms with Crippen molar-refractivity contribution in [1.82, 2.24) is 0 Å². The lowest BCUT2D eigenvalue weighted by atomic mass is 10.0. The second-order valence-electron chi connectivity index (χ2n) is 4.80. The molecule has 0 saturated heterocycles. The fourth-order valence-corrected chi connectivity index (χ4v) is 2.00. The predicted octanol–water partition coefficient (Wildman–Crippen LogP) is 1.86. The highest BCUT2D eigenvalue weighted by atomic mass is 16.4. The molecule has 0 aromatic heterocycles. The number of benzene rings is 2. The highest BCUT2D eigenvalue weighted by molar-refractivity contribution is 6.09. The summed E-state index contributed by atoms with van der Waals surface area (Å²) in [6, 6.07) is 8.74. The lowest BCUT2D eigenvalue weighted by Crippen LogP contribution is -2.14. The van der Waals surface area contributed by atoms with E-state index in [1.807, 2.05) is 0 Å². The average molecular weight is 376 g/mol. The van der Waals surface area contributed by atoms with Crippen LogP contribution in [0.1, 0.15) is 51.8 Å². The van der Waals surface area contributed by atoms with Gasteiger partial charge >= 0.3 is 29.8 Å². The van der Waals surface area contributed by atoms with Gasteiger partial charge in [-0.2, -0.15) is 0 Å². The number of rotatable bonds is 5. The molecule has 0 aliphatic heterocycles. The minimum atomic E-state index is -1.58. The van der Waals surface area contributed by atoms with E-state index in [4.69, 9.17) is 25.5 Å². The summed E-state index contributed by atoms with van der Waals surface area (Å²) in [5, 5.41) is 43.1. The smallest absolute Gasteiger partial charge is 0.337 e. The van der Waals surface area contributed by atoms with E-state index in [0.29, 0.717) is 0 Å². The van der Waals surface area contributed by atoms with Gasteiger partial charge in [-0.1, -0.05) is 18.2 Å². The van der Waals surface area contributed by atoms with Crippen molar-refractivity contribution in [3.8, 4) is 0 Å². The highest BCUT2D eigenvalue weighted by Gasteiger charge is 2.23. The van der Waals surface area contributed by atoms with Crippen LogP contribution in [0.15, 0.2) is 42.5 Å². The zero-order valence-corrected chi connectivity index (χ0v) is 13.3. The Labute approximate surface area is 150 Å². The molecular formula is C17H12O10. The van der Waals surface area contributed by atoms with Crippen molar-refractivity contribution >= 4 is 29.8 Å². The second kappa shape index (κ2) is 8.76. The summed E-state index contributed by atoms with van der Waals surface area (Å²) in [5.74, 6) is -6.99. The van der Waals surface area contributed by atoms with Crippen LogP contribution in [0.3, 0.4) is 0 Å². The lowest BCUT2D eigenvalue weighted by Gasteiger charge is -2.04. The van der Waals surface area contributed by atoms with Crippen molar-refractivity contribution in [2.24, 2.45) is 0 Å². The van der Waals surface area contributed by atoms with Crippen molar-refractivity contribution in [3.05, 3.63) is 70.3 Å². The maximum absolute atomic E-state index is 10.7. The third-order valence-corrected chi connectivity index (χ3v) is 3.13. The van der Waals surface area contributed by atoms with Crippen molar-refractivity contribution in [2.45, 2.75) is 0 Å². The largest absolute Gasteiger partial charge is 0.478 e. The van der Waals surface area contributed by atoms with Crippen LogP contribution in [0, 0.1) is 0 Å². The normalized spacial score (nSPS) is 9.48.